The Bertz CT molecular complexity index is 944. The average Bonchev–Trinajstić information content (AvgIpc) is 2.55. The zero-order valence-electron chi connectivity index (χ0n) is 11.5. The van der Waals surface area contributed by atoms with Crippen molar-refractivity contribution in [3.63, 3.8) is 0 Å². The molecule has 0 N–H and O–H groups in total. The van der Waals surface area contributed by atoms with E-state index >= 15 is 0 Å². The third-order valence-corrected chi connectivity index (χ3v) is 3.61. The van der Waals surface area contributed by atoms with Crippen LogP contribution in [0.4, 0.5) is 0 Å². The number of benzene rings is 2. The highest BCUT2D eigenvalue weighted by atomic mass is 35.5. The van der Waals surface area contributed by atoms with Crippen LogP contribution in [0.5, 0.6) is 0 Å². The monoisotopic (exact) mass is 310 g/mol. The van der Waals surface area contributed by atoms with Gasteiger partial charge in [-0.05, 0) is 35.9 Å². The number of para-hydroxylation sites is 1. The van der Waals surface area contributed by atoms with Crippen molar-refractivity contribution in [1.29, 1.82) is 0 Å². The van der Waals surface area contributed by atoms with Crippen molar-refractivity contribution in [3.8, 4) is 5.69 Å². The van der Waals surface area contributed by atoms with E-state index in [1.54, 1.807) is 24.4 Å². The van der Waals surface area contributed by atoms with Gasteiger partial charge >= 0.3 is 0 Å². The van der Waals surface area contributed by atoms with Gasteiger partial charge in [-0.3, -0.25) is 4.79 Å². The summed E-state index contributed by atoms with van der Waals surface area (Å²) in [5.74, 6) is 0. The maximum atomic E-state index is 12.5. The van der Waals surface area contributed by atoms with Crippen molar-refractivity contribution in [2.45, 2.75) is 6.54 Å². The van der Waals surface area contributed by atoms with Crippen molar-refractivity contribution in [1.82, 2.24) is 4.57 Å². The molecule has 0 fully saturated rings. The van der Waals surface area contributed by atoms with E-state index in [0.29, 0.717) is 21.5 Å². The fourth-order valence-electron chi connectivity index (χ4n) is 2.38. The van der Waals surface area contributed by atoms with Crippen molar-refractivity contribution >= 4 is 22.5 Å². The molecule has 0 unspecified atom stereocenters. The van der Waals surface area contributed by atoms with Gasteiger partial charge in [-0.15, -0.1) is 0 Å². The molecule has 0 spiro atoms. The summed E-state index contributed by atoms with van der Waals surface area (Å²) < 4.78 is 1.88. The molecule has 0 amide bonds. The molecule has 2 aromatic carbocycles. The summed E-state index contributed by atoms with van der Waals surface area (Å²) in [6.07, 6.45) is 1.70. The number of halogens is 1. The Balaban J connectivity index is 2.38. The number of hydrogen-bond acceptors (Lipinski definition) is 2. The van der Waals surface area contributed by atoms with E-state index in [4.69, 9.17) is 17.1 Å². The van der Waals surface area contributed by atoms with Crippen LogP contribution < -0.4 is 5.43 Å². The first-order chi connectivity index (χ1) is 10.7. The second kappa shape index (κ2) is 5.93. The number of azide groups is 1. The van der Waals surface area contributed by atoms with Crippen LogP contribution in [0.3, 0.4) is 0 Å². The highest BCUT2D eigenvalue weighted by molar-refractivity contribution is 6.31. The molecule has 0 saturated heterocycles. The molecule has 0 aliphatic carbocycles. The first-order valence-corrected chi connectivity index (χ1v) is 6.98. The number of rotatable bonds is 3. The van der Waals surface area contributed by atoms with E-state index in [2.05, 4.69) is 10.0 Å². The van der Waals surface area contributed by atoms with Crippen LogP contribution in [0.15, 0.2) is 64.6 Å². The molecular weight excluding hydrogens is 300 g/mol. The molecule has 6 heteroatoms. The van der Waals surface area contributed by atoms with Crippen molar-refractivity contribution in [2.75, 3.05) is 0 Å². The van der Waals surface area contributed by atoms with Crippen molar-refractivity contribution < 1.29 is 0 Å². The third kappa shape index (κ3) is 2.55. The van der Waals surface area contributed by atoms with Crippen molar-refractivity contribution in [2.24, 2.45) is 5.11 Å². The first kappa shape index (κ1) is 14.2. The Kier molecular flexibility index (Phi) is 3.83. The van der Waals surface area contributed by atoms with Gasteiger partial charge in [-0.1, -0.05) is 34.9 Å². The zero-order chi connectivity index (χ0) is 15.5. The number of nitrogens with zero attached hydrogens (tertiary/aromatic N) is 4. The Morgan fingerprint density at radius 1 is 1.18 bits per heavy atom. The minimum Gasteiger partial charge on any atom is -0.316 e. The summed E-state index contributed by atoms with van der Waals surface area (Å²) in [6.45, 7) is 0.0146. The van der Waals surface area contributed by atoms with Crippen LogP contribution in [0, 0.1) is 0 Å². The topological polar surface area (TPSA) is 70.8 Å². The molecule has 0 saturated carbocycles. The largest absolute Gasteiger partial charge is 0.316 e. The summed E-state index contributed by atoms with van der Waals surface area (Å²) in [4.78, 5) is 15.2. The molecule has 3 aromatic rings. The molecule has 22 heavy (non-hydrogen) atoms. The molecule has 0 aliphatic rings. The van der Waals surface area contributed by atoms with Crippen molar-refractivity contribution in [3.05, 3.63) is 86.0 Å². The van der Waals surface area contributed by atoms with Gasteiger partial charge in [0.15, 0.2) is 5.43 Å². The summed E-state index contributed by atoms with van der Waals surface area (Å²) in [5.41, 5.74) is 10.4. The number of aromatic nitrogens is 1. The summed E-state index contributed by atoms with van der Waals surface area (Å²) in [7, 11) is 0. The summed E-state index contributed by atoms with van der Waals surface area (Å²) in [6, 6.07) is 14.7. The molecule has 108 valence electrons. The van der Waals surface area contributed by atoms with Crippen LogP contribution in [0.1, 0.15) is 5.56 Å². The fourth-order valence-corrected chi connectivity index (χ4v) is 2.54. The van der Waals surface area contributed by atoms with Gasteiger partial charge in [-0.25, -0.2) is 0 Å². The number of hydrogen-bond donors (Lipinski definition) is 0. The molecule has 0 aliphatic heterocycles. The molecule has 1 aromatic heterocycles. The minimum absolute atomic E-state index is 0.0146. The Morgan fingerprint density at radius 3 is 2.68 bits per heavy atom. The zero-order valence-corrected chi connectivity index (χ0v) is 12.2. The van der Waals surface area contributed by atoms with Crippen LogP contribution >= 0.6 is 11.6 Å². The highest BCUT2D eigenvalue weighted by Crippen LogP contribution is 2.21. The van der Waals surface area contributed by atoms with E-state index in [9.17, 15) is 4.79 Å². The summed E-state index contributed by atoms with van der Waals surface area (Å²) in [5, 5.41) is 4.60. The third-order valence-electron chi connectivity index (χ3n) is 3.38. The lowest BCUT2D eigenvalue weighted by molar-refractivity contribution is 0.983. The van der Waals surface area contributed by atoms with Gasteiger partial charge in [0, 0.05) is 32.8 Å². The molecule has 0 atom stereocenters. The van der Waals surface area contributed by atoms with E-state index in [1.165, 1.54) is 0 Å². The molecular formula is C16H11ClN4O. The fraction of sp³-hybridized carbons (Fsp3) is 0.0625. The normalized spacial score (nSPS) is 10.4. The van der Waals surface area contributed by atoms with E-state index in [0.717, 1.165) is 5.69 Å². The van der Waals surface area contributed by atoms with Crippen LogP contribution in [-0.4, -0.2) is 4.57 Å². The van der Waals surface area contributed by atoms with Crippen LogP contribution in [0.2, 0.25) is 5.02 Å². The van der Waals surface area contributed by atoms with Gasteiger partial charge < -0.3 is 4.57 Å². The second-order valence-corrected chi connectivity index (χ2v) is 5.18. The number of pyridine rings is 1. The lowest BCUT2D eigenvalue weighted by Crippen LogP contribution is -2.13. The van der Waals surface area contributed by atoms with Gasteiger partial charge in [0.1, 0.15) is 0 Å². The van der Waals surface area contributed by atoms with E-state index in [-0.39, 0.29) is 12.0 Å². The molecule has 3 rings (SSSR count). The average molecular weight is 311 g/mol. The van der Waals surface area contributed by atoms with Gasteiger partial charge in [-0.2, -0.15) is 0 Å². The van der Waals surface area contributed by atoms with Crippen LogP contribution in [-0.2, 0) is 6.54 Å². The Hall–Kier alpha value is -2.75. The Morgan fingerprint density at radius 2 is 1.95 bits per heavy atom. The second-order valence-electron chi connectivity index (χ2n) is 4.74. The number of fused-ring (bicyclic) bond motifs is 1. The highest BCUT2D eigenvalue weighted by Gasteiger charge is 2.10. The smallest absolute Gasteiger partial charge is 0.192 e. The van der Waals surface area contributed by atoms with E-state index in [1.807, 2.05) is 34.9 Å². The first-order valence-electron chi connectivity index (χ1n) is 6.61. The lowest BCUT2D eigenvalue weighted by atomic mass is 10.1. The SMILES string of the molecule is [N-]=[N+]=NCc1cn(-c2ccccc2)c2cc(Cl)ccc2c1=O. The molecule has 0 radical (unpaired) electrons. The standard InChI is InChI=1S/C16H11ClN4O/c17-12-6-7-14-15(8-12)21(13-4-2-1-3-5-13)10-11(16(14)22)9-19-20-18/h1-8,10H,9H2. The maximum absolute atomic E-state index is 12.5. The van der Waals surface area contributed by atoms with Crippen LogP contribution in [0.25, 0.3) is 27.0 Å². The Labute approximate surface area is 131 Å². The predicted molar refractivity (Wildman–Crippen MR) is 87.4 cm³/mol. The predicted octanol–water partition coefficient (Wildman–Crippen LogP) is 4.45. The van der Waals surface area contributed by atoms with Gasteiger partial charge in [0.25, 0.3) is 0 Å². The quantitative estimate of drug-likeness (QED) is 0.400. The molecule has 0 bridgehead atoms. The van der Waals surface area contributed by atoms with E-state index < -0.39 is 0 Å². The van der Waals surface area contributed by atoms with Gasteiger partial charge in [0.05, 0.1) is 12.1 Å². The lowest BCUT2D eigenvalue weighted by Gasteiger charge is -2.13. The molecule has 5 nitrogen and oxygen atoms in total. The minimum atomic E-state index is -0.147. The molecule has 1 heterocycles. The maximum Gasteiger partial charge on any atom is 0.192 e. The van der Waals surface area contributed by atoms with Gasteiger partial charge in [0.2, 0.25) is 0 Å². The summed E-state index contributed by atoms with van der Waals surface area (Å²) >= 11 is 6.07.